The van der Waals surface area contributed by atoms with E-state index in [0.29, 0.717) is 0 Å². The molecule has 2 rings (SSSR count). The Labute approximate surface area is 124 Å². The van der Waals surface area contributed by atoms with E-state index >= 15 is 0 Å². The van der Waals surface area contributed by atoms with Crippen LogP contribution in [0.1, 0.15) is 0 Å². The van der Waals surface area contributed by atoms with Crippen molar-refractivity contribution in [3.05, 3.63) is 18.2 Å². The van der Waals surface area contributed by atoms with Crippen LogP contribution in [-0.4, -0.2) is 67.9 Å². The molecule has 0 bridgehead atoms. The molecule has 1 heterocycles. The standard InChI is InChI=1S/C14H22N2O3S/c1-18-13-4-3-12(11-14(13)19-2)20-16-7-5-15(6-8-16)9-10-17/h3-4,11,17H,5-10H2,1-2H3. The third-order valence-corrected chi connectivity index (χ3v) is 4.43. The van der Waals surface area contributed by atoms with E-state index in [1.54, 1.807) is 26.2 Å². The van der Waals surface area contributed by atoms with Crippen molar-refractivity contribution in [1.82, 2.24) is 9.21 Å². The fourth-order valence-electron chi connectivity index (χ4n) is 2.21. The number of ether oxygens (including phenoxy) is 2. The van der Waals surface area contributed by atoms with Crippen molar-refractivity contribution in [2.75, 3.05) is 53.6 Å². The number of rotatable bonds is 6. The second kappa shape index (κ2) is 7.73. The van der Waals surface area contributed by atoms with Crippen LogP contribution in [0.2, 0.25) is 0 Å². The molecule has 1 aromatic carbocycles. The second-order valence-electron chi connectivity index (χ2n) is 4.60. The van der Waals surface area contributed by atoms with Crippen LogP contribution in [0.15, 0.2) is 23.1 Å². The lowest BCUT2D eigenvalue weighted by atomic mass is 10.3. The molecule has 0 radical (unpaired) electrons. The van der Waals surface area contributed by atoms with Gasteiger partial charge in [-0.15, -0.1) is 0 Å². The Hall–Kier alpha value is -0.950. The predicted octanol–water partition coefficient (Wildman–Crippen LogP) is 1.32. The summed E-state index contributed by atoms with van der Waals surface area (Å²) in [5.74, 6) is 1.51. The summed E-state index contributed by atoms with van der Waals surface area (Å²) in [5.41, 5.74) is 0. The van der Waals surface area contributed by atoms with Crippen LogP contribution in [0.3, 0.4) is 0 Å². The first-order chi connectivity index (χ1) is 9.76. The van der Waals surface area contributed by atoms with Gasteiger partial charge in [-0.2, -0.15) is 0 Å². The lowest BCUT2D eigenvalue weighted by Crippen LogP contribution is -2.44. The van der Waals surface area contributed by atoms with E-state index in [1.165, 1.54) is 0 Å². The van der Waals surface area contributed by atoms with E-state index in [9.17, 15) is 0 Å². The average Bonchev–Trinajstić information content (AvgIpc) is 2.49. The Morgan fingerprint density at radius 1 is 1.10 bits per heavy atom. The molecular weight excluding hydrogens is 276 g/mol. The van der Waals surface area contributed by atoms with Crippen molar-refractivity contribution in [1.29, 1.82) is 0 Å². The number of aliphatic hydroxyl groups is 1. The highest BCUT2D eigenvalue weighted by Gasteiger charge is 2.17. The van der Waals surface area contributed by atoms with Gasteiger partial charge in [0.2, 0.25) is 0 Å². The quantitative estimate of drug-likeness (QED) is 0.799. The molecule has 1 aromatic rings. The van der Waals surface area contributed by atoms with Gasteiger partial charge < -0.3 is 14.6 Å². The van der Waals surface area contributed by atoms with Crippen molar-refractivity contribution < 1.29 is 14.6 Å². The molecule has 0 unspecified atom stereocenters. The van der Waals surface area contributed by atoms with Gasteiger partial charge in [-0.1, -0.05) is 0 Å². The minimum absolute atomic E-state index is 0.239. The first-order valence-corrected chi connectivity index (χ1v) is 7.52. The highest BCUT2D eigenvalue weighted by molar-refractivity contribution is 7.97. The lowest BCUT2D eigenvalue weighted by Gasteiger charge is -2.33. The maximum atomic E-state index is 8.94. The summed E-state index contributed by atoms with van der Waals surface area (Å²) in [6.07, 6.45) is 0. The fraction of sp³-hybridized carbons (Fsp3) is 0.571. The molecule has 1 fully saturated rings. The highest BCUT2D eigenvalue weighted by atomic mass is 32.2. The molecule has 0 aliphatic carbocycles. The van der Waals surface area contributed by atoms with E-state index in [4.69, 9.17) is 14.6 Å². The molecule has 112 valence electrons. The monoisotopic (exact) mass is 298 g/mol. The molecule has 0 spiro atoms. The summed E-state index contributed by atoms with van der Waals surface area (Å²) in [6, 6.07) is 5.99. The molecule has 1 N–H and O–H groups in total. The van der Waals surface area contributed by atoms with Crippen molar-refractivity contribution >= 4 is 11.9 Å². The minimum Gasteiger partial charge on any atom is -0.493 e. The molecule has 6 heteroatoms. The summed E-state index contributed by atoms with van der Waals surface area (Å²) >= 11 is 1.74. The van der Waals surface area contributed by atoms with Gasteiger partial charge in [0.05, 0.1) is 20.8 Å². The highest BCUT2D eigenvalue weighted by Crippen LogP contribution is 2.33. The maximum Gasteiger partial charge on any atom is 0.161 e. The normalized spacial score (nSPS) is 17.1. The summed E-state index contributed by atoms with van der Waals surface area (Å²) < 4.78 is 12.9. The molecule has 5 nitrogen and oxygen atoms in total. The molecule has 0 amide bonds. The number of hydrogen-bond acceptors (Lipinski definition) is 6. The topological polar surface area (TPSA) is 45.2 Å². The SMILES string of the molecule is COc1ccc(SN2CCN(CCO)CC2)cc1OC. The smallest absolute Gasteiger partial charge is 0.161 e. The number of nitrogens with zero attached hydrogens (tertiary/aromatic N) is 2. The van der Waals surface area contributed by atoms with Gasteiger partial charge >= 0.3 is 0 Å². The first kappa shape index (κ1) is 15.4. The molecule has 1 saturated heterocycles. The summed E-state index contributed by atoms with van der Waals surface area (Å²) in [6.45, 7) is 5.01. The van der Waals surface area contributed by atoms with Crippen LogP contribution in [0, 0.1) is 0 Å². The number of hydrogen-bond donors (Lipinski definition) is 1. The lowest BCUT2D eigenvalue weighted by molar-refractivity contribution is 0.156. The van der Waals surface area contributed by atoms with E-state index in [0.717, 1.165) is 49.1 Å². The van der Waals surface area contributed by atoms with Crippen molar-refractivity contribution in [2.45, 2.75) is 4.90 Å². The Morgan fingerprint density at radius 3 is 2.40 bits per heavy atom. The zero-order valence-corrected chi connectivity index (χ0v) is 12.9. The molecule has 20 heavy (non-hydrogen) atoms. The van der Waals surface area contributed by atoms with Gasteiger partial charge in [0.25, 0.3) is 0 Å². The van der Waals surface area contributed by atoms with Gasteiger partial charge in [-0.3, -0.25) is 4.90 Å². The van der Waals surface area contributed by atoms with E-state index in [1.807, 2.05) is 18.2 Å². The number of piperazine rings is 1. The van der Waals surface area contributed by atoms with Gasteiger partial charge in [0, 0.05) is 37.6 Å². The summed E-state index contributed by atoms with van der Waals surface area (Å²) in [5, 5.41) is 8.94. The van der Waals surface area contributed by atoms with Crippen LogP contribution in [0.25, 0.3) is 0 Å². The fourth-order valence-corrected chi connectivity index (χ4v) is 3.14. The number of β-amino-alcohol motifs (C(OH)–C–C–N with tert-alkyl or cyclic N) is 1. The first-order valence-electron chi connectivity index (χ1n) is 6.75. The Kier molecular flexibility index (Phi) is 5.97. The van der Waals surface area contributed by atoms with Gasteiger partial charge in [0.1, 0.15) is 0 Å². The van der Waals surface area contributed by atoms with Crippen molar-refractivity contribution in [2.24, 2.45) is 0 Å². The zero-order chi connectivity index (χ0) is 14.4. The molecule has 0 aromatic heterocycles. The van der Waals surface area contributed by atoms with Crippen LogP contribution in [0.5, 0.6) is 11.5 Å². The average molecular weight is 298 g/mol. The predicted molar refractivity (Wildman–Crippen MR) is 80.5 cm³/mol. The van der Waals surface area contributed by atoms with Crippen LogP contribution in [-0.2, 0) is 0 Å². The van der Waals surface area contributed by atoms with Crippen LogP contribution < -0.4 is 9.47 Å². The number of methoxy groups -OCH3 is 2. The molecule has 0 saturated carbocycles. The third-order valence-electron chi connectivity index (χ3n) is 3.34. The molecular formula is C14H22N2O3S. The molecule has 1 aliphatic rings. The van der Waals surface area contributed by atoms with Crippen molar-refractivity contribution in [3.8, 4) is 11.5 Å². The maximum absolute atomic E-state index is 8.94. The summed E-state index contributed by atoms with van der Waals surface area (Å²) in [7, 11) is 3.30. The van der Waals surface area contributed by atoms with Crippen molar-refractivity contribution in [3.63, 3.8) is 0 Å². The number of aliphatic hydroxyl groups excluding tert-OH is 1. The molecule has 1 aliphatic heterocycles. The Morgan fingerprint density at radius 2 is 1.80 bits per heavy atom. The molecule has 0 atom stereocenters. The Balaban J connectivity index is 1.91. The van der Waals surface area contributed by atoms with E-state index < -0.39 is 0 Å². The minimum atomic E-state index is 0.239. The van der Waals surface area contributed by atoms with E-state index in [2.05, 4.69) is 9.21 Å². The van der Waals surface area contributed by atoms with Crippen LogP contribution >= 0.6 is 11.9 Å². The Bertz CT molecular complexity index is 423. The zero-order valence-electron chi connectivity index (χ0n) is 12.0. The number of benzene rings is 1. The third kappa shape index (κ3) is 4.02. The van der Waals surface area contributed by atoms with Gasteiger partial charge in [0.15, 0.2) is 11.5 Å². The van der Waals surface area contributed by atoms with Gasteiger partial charge in [-0.25, -0.2) is 4.31 Å². The van der Waals surface area contributed by atoms with Crippen LogP contribution in [0.4, 0.5) is 0 Å². The largest absolute Gasteiger partial charge is 0.493 e. The van der Waals surface area contributed by atoms with Gasteiger partial charge in [-0.05, 0) is 30.1 Å². The second-order valence-corrected chi connectivity index (χ2v) is 5.77. The van der Waals surface area contributed by atoms with E-state index in [-0.39, 0.29) is 6.61 Å². The summed E-state index contributed by atoms with van der Waals surface area (Å²) in [4.78, 5) is 3.43.